The van der Waals surface area contributed by atoms with Crippen LogP contribution < -0.4 is 10.5 Å². The number of hydrogen-bond acceptors (Lipinski definition) is 5. The topological polar surface area (TPSA) is 70.1 Å². The van der Waals surface area contributed by atoms with Crippen molar-refractivity contribution in [3.05, 3.63) is 70.0 Å². The van der Waals surface area contributed by atoms with Crippen LogP contribution in [-0.4, -0.2) is 58.1 Å². The van der Waals surface area contributed by atoms with Gasteiger partial charge in [-0.1, -0.05) is 18.2 Å². The number of nitrogens with one attached hydrogen (secondary N) is 1. The Morgan fingerprint density at radius 1 is 1.03 bits per heavy atom. The zero-order valence-electron chi connectivity index (χ0n) is 17.8. The van der Waals surface area contributed by atoms with Crippen molar-refractivity contribution in [2.45, 2.75) is 6.92 Å². The summed E-state index contributed by atoms with van der Waals surface area (Å²) in [5.74, 6) is -0.959. The van der Waals surface area contributed by atoms with Crippen LogP contribution in [0.15, 0.2) is 47.3 Å². The highest BCUT2D eigenvalue weighted by atomic mass is 19.1. The number of aromatic nitrogens is 4. The highest BCUT2D eigenvalue weighted by Crippen LogP contribution is 2.32. The lowest BCUT2D eigenvalue weighted by Gasteiger charge is -2.34. The Morgan fingerprint density at radius 3 is 2.53 bits per heavy atom. The maximum Gasteiger partial charge on any atom is 0.273 e. The standard InChI is InChI=1S/C23H22F2N6O/c1-14-5-3-7-16(24)23(14)31-19(32)13-17-22(28-31)21(27-26-17)15-6-4-8-18(20(15)25)30-11-9-29(2)10-12-30/h3-8,13,26H,9-12H2,1-2H3. The van der Waals surface area contributed by atoms with Gasteiger partial charge in [0.2, 0.25) is 0 Å². The highest BCUT2D eigenvalue weighted by Gasteiger charge is 2.23. The number of nitrogens with zero attached hydrogens (tertiary/aromatic N) is 5. The van der Waals surface area contributed by atoms with Crippen LogP contribution in [0.2, 0.25) is 0 Å². The van der Waals surface area contributed by atoms with E-state index in [1.165, 1.54) is 12.1 Å². The van der Waals surface area contributed by atoms with Crippen LogP contribution in [0, 0.1) is 18.6 Å². The third kappa shape index (κ3) is 3.34. The summed E-state index contributed by atoms with van der Waals surface area (Å²) in [7, 11) is 2.04. The van der Waals surface area contributed by atoms with Gasteiger partial charge in [-0.2, -0.15) is 14.9 Å². The summed E-state index contributed by atoms with van der Waals surface area (Å²) >= 11 is 0. The van der Waals surface area contributed by atoms with E-state index in [2.05, 4.69) is 20.2 Å². The van der Waals surface area contributed by atoms with Crippen molar-refractivity contribution in [3.8, 4) is 16.9 Å². The van der Waals surface area contributed by atoms with E-state index in [9.17, 15) is 9.18 Å². The van der Waals surface area contributed by atoms with Gasteiger partial charge in [-0.15, -0.1) is 0 Å². The molecule has 0 aliphatic carbocycles. The van der Waals surface area contributed by atoms with Gasteiger partial charge in [-0.05, 0) is 37.7 Å². The normalized spacial score (nSPS) is 14.9. The molecule has 2 aromatic heterocycles. The van der Waals surface area contributed by atoms with Gasteiger partial charge < -0.3 is 9.80 Å². The Hall–Kier alpha value is -3.59. The van der Waals surface area contributed by atoms with E-state index < -0.39 is 17.2 Å². The first-order valence-corrected chi connectivity index (χ1v) is 10.4. The van der Waals surface area contributed by atoms with Crippen LogP contribution in [0.4, 0.5) is 14.5 Å². The fraction of sp³-hybridized carbons (Fsp3) is 0.261. The van der Waals surface area contributed by atoms with Crippen molar-refractivity contribution in [2.75, 3.05) is 38.1 Å². The molecule has 2 aromatic carbocycles. The number of rotatable bonds is 3. The number of likely N-dealkylation sites (N-methyl/N-ethyl adjacent to an activating group) is 1. The Balaban J connectivity index is 1.65. The second-order valence-electron chi connectivity index (χ2n) is 8.06. The molecule has 164 valence electrons. The van der Waals surface area contributed by atoms with Gasteiger partial charge in [0.1, 0.15) is 22.7 Å². The zero-order valence-corrected chi connectivity index (χ0v) is 17.8. The molecule has 4 aromatic rings. The summed E-state index contributed by atoms with van der Waals surface area (Å²) in [5.41, 5.74) is 1.83. The summed E-state index contributed by atoms with van der Waals surface area (Å²) < 4.78 is 31.1. The van der Waals surface area contributed by atoms with Gasteiger partial charge in [0.05, 0.1) is 11.2 Å². The van der Waals surface area contributed by atoms with Gasteiger partial charge in [0.15, 0.2) is 5.82 Å². The number of aromatic amines is 1. The maximum atomic E-state index is 15.6. The molecule has 5 rings (SSSR count). The second kappa shape index (κ2) is 7.83. The van der Waals surface area contributed by atoms with Crippen molar-refractivity contribution in [3.63, 3.8) is 0 Å². The smallest absolute Gasteiger partial charge is 0.273 e. The van der Waals surface area contributed by atoms with Crippen LogP contribution in [0.5, 0.6) is 0 Å². The first-order chi connectivity index (χ1) is 15.4. The lowest BCUT2D eigenvalue weighted by Crippen LogP contribution is -2.44. The fourth-order valence-electron chi connectivity index (χ4n) is 4.12. The fourth-order valence-corrected chi connectivity index (χ4v) is 4.12. The molecule has 1 fully saturated rings. The lowest BCUT2D eigenvalue weighted by atomic mass is 10.1. The zero-order chi connectivity index (χ0) is 22.4. The largest absolute Gasteiger partial charge is 0.367 e. The molecule has 32 heavy (non-hydrogen) atoms. The monoisotopic (exact) mass is 436 g/mol. The number of piperazine rings is 1. The van der Waals surface area contributed by atoms with Gasteiger partial charge in [-0.3, -0.25) is 9.89 Å². The number of hydrogen-bond donors (Lipinski definition) is 1. The number of benzene rings is 2. The third-order valence-corrected chi connectivity index (χ3v) is 5.92. The van der Waals surface area contributed by atoms with E-state index in [0.29, 0.717) is 22.3 Å². The van der Waals surface area contributed by atoms with Crippen molar-refractivity contribution in [1.29, 1.82) is 0 Å². The molecule has 7 nitrogen and oxygen atoms in total. The molecule has 0 bridgehead atoms. The minimum atomic E-state index is -0.563. The summed E-state index contributed by atoms with van der Waals surface area (Å²) in [5, 5.41) is 11.4. The van der Waals surface area contributed by atoms with E-state index in [0.717, 1.165) is 30.9 Å². The minimum absolute atomic E-state index is 0.0678. The van der Waals surface area contributed by atoms with Crippen molar-refractivity contribution < 1.29 is 8.78 Å². The predicted octanol–water partition coefficient (Wildman–Crippen LogP) is 3.11. The molecule has 0 atom stereocenters. The Labute approximate surface area is 182 Å². The van der Waals surface area contributed by atoms with Crippen LogP contribution >= 0.6 is 0 Å². The lowest BCUT2D eigenvalue weighted by molar-refractivity contribution is 0.312. The van der Waals surface area contributed by atoms with Crippen LogP contribution in [0.3, 0.4) is 0 Å². The molecule has 3 heterocycles. The van der Waals surface area contributed by atoms with Crippen molar-refractivity contribution >= 4 is 16.7 Å². The summed E-state index contributed by atoms with van der Waals surface area (Å²) in [6.45, 7) is 4.85. The van der Waals surface area contributed by atoms with Crippen molar-refractivity contribution in [2.24, 2.45) is 0 Å². The molecule has 1 N–H and O–H groups in total. The van der Waals surface area contributed by atoms with E-state index >= 15 is 4.39 Å². The Morgan fingerprint density at radius 2 is 1.78 bits per heavy atom. The molecule has 0 radical (unpaired) electrons. The van der Waals surface area contributed by atoms with Crippen LogP contribution in [-0.2, 0) is 0 Å². The number of fused-ring (bicyclic) bond motifs is 1. The second-order valence-corrected chi connectivity index (χ2v) is 8.06. The van der Waals surface area contributed by atoms with Gasteiger partial charge >= 0.3 is 0 Å². The predicted molar refractivity (Wildman–Crippen MR) is 119 cm³/mol. The van der Waals surface area contributed by atoms with Gasteiger partial charge in [0, 0.05) is 37.8 Å². The number of halogens is 2. The number of anilines is 1. The Kier molecular flexibility index (Phi) is 4.97. The number of H-pyrrole nitrogens is 1. The first-order valence-electron chi connectivity index (χ1n) is 10.4. The minimum Gasteiger partial charge on any atom is -0.367 e. The maximum absolute atomic E-state index is 15.6. The van der Waals surface area contributed by atoms with E-state index in [4.69, 9.17) is 0 Å². The molecular weight excluding hydrogens is 414 g/mol. The van der Waals surface area contributed by atoms with Gasteiger partial charge in [0.25, 0.3) is 5.56 Å². The summed E-state index contributed by atoms with van der Waals surface area (Å²) in [4.78, 5) is 16.9. The van der Waals surface area contributed by atoms with Crippen molar-refractivity contribution in [1.82, 2.24) is 24.9 Å². The molecule has 0 spiro atoms. The van der Waals surface area contributed by atoms with Gasteiger partial charge in [-0.25, -0.2) is 8.78 Å². The number of para-hydroxylation sites is 1. The average Bonchev–Trinajstić information content (AvgIpc) is 3.17. The highest BCUT2D eigenvalue weighted by molar-refractivity contribution is 5.90. The molecular formula is C23H22F2N6O. The van der Waals surface area contributed by atoms with Crippen LogP contribution in [0.25, 0.3) is 28.0 Å². The summed E-state index contributed by atoms with van der Waals surface area (Å²) in [6, 6.07) is 11.0. The molecule has 1 saturated heterocycles. The van der Waals surface area contributed by atoms with E-state index in [1.54, 1.807) is 37.3 Å². The molecule has 0 saturated carbocycles. The third-order valence-electron chi connectivity index (χ3n) is 5.92. The first kappa shape index (κ1) is 20.3. The summed E-state index contributed by atoms with van der Waals surface area (Å²) in [6.07, 6.45) is 0. The molecule has 0 unspecified atom stereocenters. The quantitative estimate of drug-likeness (QED) is 0.535. The van der Waals surface area contributed by atoms with E-state index in [1.807, 2.05) is 11.9 Å². The van der Waals surface area contributed by atoms with Crippen LogP contribution in [0.1, 0.15) is 5.56 Å². The van der Waals surface area contributed by atoms with E-state index in [-0.39, 0.29) is 16.9 Å². The molecule has 1 aliphatic heterocycles. The number of aryl methyl sites for hydroxylation is 1. The SMILES string of the molecule is Cc1cccc(F)c1-n1nc2c(-c3cccc(N4CCN(C)CC4)c3F)n[nH]c2cc1=O. The molecule has 1 aliphatic rings. The average molecular weight is 436 g/mol. The molecule has 0 amide bonds. The molecule has 9 heteroatoms. The Bertz CT molecular complexity index is 1350.